The van der Waals surface area contributed by atoms with E-state index in [0.717, 1.165) is 6.42 Å². The monoisotopic (exact) mass is 332 g/mol. The molecule has 1 aromatic carbocycles. The minimum Gasteiger partial charge on any atom is -0.480 e. The lowest BCUT2D eigenvalue weighted by molar-refractivity contribution is -0.147. The van der Waals surface area contributed by atoms with Gasteiger partial charge in [-0.2, -0.15) is 0 Å². The van der Waals surface area contributed by atoms with Gasteiger partial charge in [-0.1, -0.05) is 6.92 Å². The third-order valence-electron chi connectivity index (χ3n) is 4.52. The van der Waals surface area contributed by atoms with Gasteiger partial charge in [-0.05, 0) is 36.6 Å². The number of nitrogens with one attached hydrogen (secondary N) is 1. The highest BCUT2D eigenvalue weighted by molar-refractivity contribution is 5.98. The smallest absolute Gasteiger partial charge is 0.328 e. The highest BCUT2D eigenvalue weighted by atomic mass is 16.5. The van der Waals surface area contributed by atoms with Gasteiger partial charge in [0.05, 0.1) is 13.2 Å². The summed E-state index contributed by atoms with van der Waals surface area (Å²) in [6, 6.07) is 5.55. The molecule has 3 atom stereocenters. The summed E-state index contributed by atoms with van der Waals surface area (Å²) in [4.78, 5) is 37.0. The molecule has 3 unspecified atom stereocenters. The van der Waals surface area contributed by atoms with Crippen molar-refractivity contribution in [3.8, 4) is 0 Å². The normalized spacial score (nSPS) is 25.9. The number of ether oxygens (including phenoxy) is 1. The van der Waals surface area contributed by atoms with E-state index in [4.69, 9.17) is 4.74 Å². The molecular weight excluding hydrogens is 312 g/mol. The van der Waals surface area contributed by atoms with Gasteiger partial charge in [0.2, 0.25) is 5.91 Å². The molecule has 1 saturated heterocycles. The molecule has 0 aromatic heterocycles. The van der Waals surface area contributed by atoms with E-state index in [1.165, 1.54) is 4.90 Å². The van der Waals surface area contributed by atoms with E-state index in [1.807, 2.05) is 6.92 Å². The Bertz CT molecular complexity index is 657. The van der Waals surface area contributed by atoms with Crippen LogP contribution in [0, 0.1) is 11.8 Å². The van der Waals surface area contributed by atoms with Crippen molar-refractivity contribution >= 4 is 23.5 Å². The minimum atomic E-state index is -1.08. The molecule has 1 saturated carbocycles. The van der Waals surface area contributed by atoms with E-state index in [9.17, 15) is 19.5 Å². The summed E-state index contributed by atoms with van der Waals surface area (Å²) in [5.41, 5.74) is 1.02. The van der Waals surface area contributed by atoms with Crippen LogP contribution in [0.25, 0.3) is 0 Å². The summed E-state index contributed by atoms with van der Waals surface area (Å²) >= 11 is 0. The van der Waals surface area contributed by atoms with Crippen molar-refractivity contribution in [2.45, 2.75) is 19.4 Å². The van der Waals surface area contributed by atoms with Crippen LogP contribution in [-0.2, 0) is 14.3 Å². The molecule has 24 heavy (non-hydrogen) atoms. The largest absolute Gasteiger partial charge is 0.480 e. The number of morpholine rings is 1. The second-order valence-electron chi connectivity index (χ2n) is 6.31. The summed E-state index contributed by atoms with van der Waals surface area (Å²) in [6.07, 6.45) is 0.913. The molecule has 1 aromatic rings. The third-order valence-corrected chi connectivity index (χ3v) is 4.52. The fourth-order valence-electron chi connectivity index (χ4n) is 2.84. The van der Waals surface area contributed by atoms with Crippen LogP contribution in [0.1, 0.15) is 23.7 Å². The van der Waals surface area contributed by atoms with Crippen molar-refractivity contribution in [1.82, 2.24) is 4.90 Å². The zero-order valence-corrected chi connectivity index (χ0v) is 13.4. The molecule has 1 aliphatic carbocycles. The number of carbonyl (C=O) groups is 3. The number of hydrogen-bond donors (Lipinski definition) is 2. The summed E-state index contributed by atoms with van der Waals surface area (Å²) < 4.78 is 5.14. The molecule has 1 heterocycles. The van der Waals surface area contributed by atoms with Crippen LogP contribution in [0.5, 0.6) is 0 Å². The third kappa shape index (κ3) is 3.41. The zero-order chi connectivity index (χ0) is 17.3. The highest BCUT2D eigenvalue weighted by Gasteiger charge is 2.39. The van der Waals surface area contributed by atoms with Crippen LogP contribution >= 0.6 is 0 Å². The molecule has 7 nitrogen and oxygen atoms in total. The van der Waals surface area contributed by atoms with Crippen LogP contribution in [0.4, 0.5) is 5.69 Å². The Balaban J connectivity index is 1.67. The van der Waals surface area contributed by atoms with E-state index in [0.29, 0.717) is 23.8 Å². The van der Waals surface area contributed by atoms with Crippen LogP contribution in [0.15, 0.2) is 24.3 Å². The number of aliphatic carboxylic acids is 1. The fourth-order valence-corrected chi connectivity index (χ4v) is 2.84. The molecule has 2 amide bonds. The van der Waals surface area contributed by atoms with Crippen molar-refractivity contribution in [1.29, 1.82) is 0 Å². The topological polar surface area (TPSA) is 95.9 Å². The maximum absolute atomic E-state index is 12.5. The first-order valence-electron chi connectivity index (χ1n) is 8.00. The van der Waals surface area contributed by atoms with E-state index < -0.39 is 12.0 Å². The lowest BCUT2D eigenvalue weighted by atomic mass is 10.1. The van der Waals surface area contributed by atoms with Crippen molar-refractivity contribution < 1.29 is 24.2 Å². The number of carboxylic acid groups (broad SMARTS) is 1. The van der Waals surface area contributed by atoms with E-state index >= 15 is 0 Å². The molecular formula is C17H20N2O5. The average Bonchev–Trinajstić information content (AvgIpc) is 3.32. The number of nitrogens with zero attached hydrogens (tertiary/aromatic N) is 1. The summed E-state index contributed by atoms with van der Waals surface area (Å²) in [5, 5.41) is 12.0. The predicted molar refractivity (Wildman–Crippen MR) is 85.6 cm³/mol. The van der Waals surface area contributed by atoms with Gasteiger partial charge >= 0.3 is 5.97 Å². The van der Waals surface area contributed by atoms with Crippen molar-refractivity contribution in [2.75, 3.05) is 25.1 Å². The molecule has 7 heteroatoms. The van der Waals surface area contributed by atoms with Gasteiger partial charge in [0.25, 0.3) is 5.91 Å². The van der Waals surface area contributed by atoms with Gasteiger partial charge in [-0.15, -0.1) is 0 Å². The van der Waals surface area contributed by atoms with Crippen LogP contribution in [-0.4, -0.2) is 53.6 Å². The molecule has 2 aliphatic rings. The van der Waals surface area contributed by atoms with Crippen molar-refractivity contribution in [3.63, 3.8) is 0 Å². The Morgan fingerprint density at radius 3 is 2.50 bits per heavy atom. The van der Waals surface area contributed by atoms with Crippen LogP contribution < -0.4 is 5.32 Å². The molecule has 0 bridgehead atoms. The Kier molecular flexibility index (Phi) is 4.53. The molecule has 0 spiro atoms. The summed E-state index contributed by atoms with van der Waals surface area (Å²) in [7, 11) is 0. The van der Waals surface area contributed by atoms with E-state index in [1.54, 1.807) is 24.3 Å². The first-order chi connectivity index (χ1) is 11.5. The lowest BCUT2D eigenvalue weighted by Crippen LogP contribution is -2.52. The highest BCUT2D eigenvalue weighted by Crippen LogP contribution is 2.38. The van der Waals surface area contributed by atoms with Gasteiger partial charge in [-0.3, -0.25) is 9.59 Å². The second-order valence-corrected chi connectivity index (χ2v) is 6.31. The molecule has 2 N–H and O–H groups in total. The van der Waals surface area contributed by atoms with Gasteiger partial charge in [0.1, 0.15) is 0 Å². The number of benzene rings is 1. The number of carbonyl (C=O) groups excluding carboxylic acids is 2. The molecule has 3 rings (SSSR count). The van der Waals surface area contributed by atoms with Gasteiger partial charge in [-0.25, -0.2) is 4.79 Å². The summed E-state index contributed by atoms with van der Waals surface area (Å²) in [5.74, 6) is -0.915. The lowest BCUT2D eigenvalue weighted by Gasteiger charge is -2.32. The number of anilines is 1. The van der Waals surface area contributed by atoms with Gasteiger partial charge < -0.3 is 20.1 Å². The van der Waals surface area contributed by atoms with Crippen LogP contribution in [0.2, 0.25) is 0 Å². The molecule has 1 aliphatic heterocycles. The Morgan fingerprint density at radius 1 is 1.25 bits per heavy atom. The SMILES string of the molecule is CC1CC1C(=O)Nc1ccc(C(=O)N2CCOCC2C(=O)O)cc1. The van der Waals surface area contributed by atoms with Gasteiger partial charge in [0.15, 0.2) is 6.04 Å². The Labute approximate surface area is 139 Å². The van der Waals surface area contributed by atoms with Crippen molar-refractivity contribution in [2.24, 2.45) is 11.8 Å². The fraction of sp³-hybridized carbons (Fsp3) is 0.471. The first kappa shape index (κ1) is 16.4. The number of hydrogen-bond acceptors (Lipinski definition) is 4. The maximum atomic E-state index is 12.5. The van der Waals surface area contributed by atoms with Crippen LogP contribution in [0.3, 0.4) is 0 Å². The van der Waals surface area contributed by atoms with E-state index in [2.05, 4.69) is 5.32 Å². The quantitative estimate of drug-likeness (QED) is 0.864. The molecule has 2 fully saturated rings. The predicted octanol–water partition coefficient (Wildman–Crippen LogP) is 1.21. The second kappa shape index (κ2) is 6.60. The maximum Gasteiger partial charge on any atom is 0.328 e. The Morgan fingerprint density at radius 2 is 1.92 bits per heavy atom. The standard InChI is InChI=1S/C17H20N2O5/c1-10-8-13(10)15(20)18-12-4-2-11(3-5-12)16(21)19-6-7-24-9-14(19)17(22)23/h2-5,10,13-14H,6-9H2,1H3,(H,18,20)(H,22,23). The Hall–Kier alpha value is -2.41. The molecule has 0 radical (unpaired) electrons. The van der Waals surface area contributed by atoms with E-state index in [-0.39, 0.29) is 30.9 Å². The molecule has 128 valence electrons. The number of carboxylic acids is 1. The number of rotatable bonds is 4. The van der Waals surface area contributed by atoms with Crippen molar-refractivity contribution in [3.05, 3.63) is 29.8 Å². The number of amides is 2. The summed E-state index contributed by atoms with van der Waals surface area (Å²) in [6.45, 7) is 2.60. The minimum absolute atomic E-state index is 0.000645. The zero-order valence-electron chi connectivity index (χ0n) is 13.4. The first-order valence-corrected chi connectivity index (χ1v) is 8.00. The van der Waals surface area contributed by atoms with Gasteiger partial charge in [0, 0.05) is 23.7 Å². The average molecular weight is 332 g/mol.